The normalized spacial score (nSPS) is 12.6. The van der Waals surface area contributed by atoms with Gasteiger partial charge in [0, 0.05) is 10.9 Å². The number of fused-ring (bicyclic) bond motifs is 1. The minimum absolute atomic E-state index is 0.0900. The van der Waals surface area contributed by atoms with E-state index in [-0.39, 0.29) is 27.4 Å². The Bertz CT molecular complexity index is 1150. The highest BCUT2D eigenvalue weighted by Crippen LogP contribution is 2.35. The summed E-state index contributed by atoms with van der Waals surface area (Å²) < 4.78 is 58.3. The molecule has 0 aliphatic carbocycles. The highest BCUT2D eigenvalue weighted by Gasteiger charge is 2.42. The van der Waals surface area contributed by atoms with E-state index in [1.165, 1.54) is 18.2 Å². The lowest BCUT2D eigenvalue weighted by atomic mass is 10.1. The van der Waals surface area contributed by atoms with Gasteiger partial charge in [0.15, 0.2) is 11.8 Å². The summed E-state index contributed by atoms with van der Waals surface area (Å²) in [6, 6.07) is 3.60. The van der Waals surface area contributed by atoms with Gasteiger partial charge in [-0.3, -0.25) is 4.79 Å². The molecular weight excluding hydrogens is 455 g/mol. The second-order valence-corrected chi connectivity index (χ2v) is 6.86. The number of carbonyl (C=O) groups is 2. The SMILES string of the molecule is O=C(O)Oc1cc2cc(C(=O)NC(c3ccc(F)c(Cl)c3)C(F)(F)F)[nH]c2cc1Cl. The van der Waals surface area contributed by atoms with Gasteiger partial charge >= 0.3 is 12.3 Å². The van der Waals surface area contributed by atoms with Crippen molar-refractivity contribution in [2.75, 3.05) is 0 Å². The number of aromatic amines is 1. The number of carboxylic acid groups (broad SMARTS) is 1. The maximum absolute atomic E-state index is 13.5. The predicted octanol–water partition coefficient (Wildman–Crippen LogP) is 5.70. The molecule has 0 aliphatic rings. The van der Waals surface area contributed by atoms with Crippen molar-refractivity contribution >= 4 is 46.2 Å². The average molecular weight is 465 g/mol. The monoisotopic (exact) mass is 464 g/mol. The first-order valence-corrected chi connectivity index (χ1v) is 8.77. The molecule has 1 aromatic heterocycles. The molecule has 1 unspecified atom stereocenters. The third-order valence-corrected chi connectivity index (χ3v) is 4.58. The summed E-state index contributed by atoms with van der Waals surface area (Å²) in [7, 11) is 0. The molecule has 0 fully saturated rings. The Kier molecular flexibility index (Phi) is 5.82. The molecule has 0 radical (unpaired) electrons. The first-order valence-electron chi connectivity index (χ1n) is 8.01. The van der Waals surface area contributed by atoms with Gasteiger partial charge in [-0.05, 0) is 35.9 Å². The van der Waals surface area contributed by atoms with Crippen molar-refractivity contribution in [3.05, 3.63) is 63.5 Å². The molecule has 1 heterocycles. The van der Waals surface area contributed by atoms with E-state index in [2.05, 4.69) is 9.72 Å². The number of alkyl halides is 3. The van der Waals surface area contributed by atoms with Crippen LogP contribution >= 0.6 is 23.2 Å². The Balaban J connectivity index is 1.93. The number of hydrogen-bond donors (Lipinski definition) is 3. The van der Waals surface area contributed by atoms with E-state index in [1.807, 2.05) is 5.32 Å². The number of rotatable bonds is 4. The first-order chi connectivity index (χ1) is 14.0. The van der Waals surface area contributed by atoms with Crippen LogP contribution in [0.4, 0.5) is 22.4 Å². The van der Waals surface area contributed by atoms with E-state index in [4.69, 9.17) is 28.3 Å². The fraction of sp³-hybridized carbons (Fsp3) is 0.111. The van der Waals surface area contributed by atoms with E-state index in [1.54, 1.807) is 0 Å². The number of carbonyl (C=O) groups excluding carboxylic acids is 1. The van der Waals surface area contributed by atoms with Crippen LogP contribution in [0.25, 0.3) is 10.9 Å². The zero-order valence-corrected chi connectivity index (χ0v) is 16.0. The smallest absolute Gasteiger partial charge is 0.449 e. The summed E-state index contributed by atoms with van der Waals surface area (Å²) in [6.07, 6.45) is -6.51. The number of nitrogens with one attached hydrogen (secondary N) is 2. The molecule has 0 saturated heterocycles. The van der Waals surface area contributed by atoms with Crippen molar-refractivity contribution in [1.29, 1.82) is 0 Å². The highest BCUT2D eigenvalue weighted by molar-refractivity contribution is 6.33. The van der Waals surface area contributed by atoms with E-state index >= 15 is 0 Å². The fourth-order valence-electron chi connectivity index (χ4n) is 2.68. The van der Waals surface area contributed by atoms with Crippen LogP contribution in [-0.2, 0) is 0 Å². The number of halogens is 6. The number of H-pyrrole nitrogens is 1. The van der Waals surface area contributed by atoms with Gasteiger partial charge in [-0.1, -0.05) is 29.3 Å². The van der Waals surface area contributed by atoms with Crippen LogP contribution in [0.2, 0.25) is 10.0 Å². The van der Waals surface area contributed by atoms with Crippen molar-refractivity contribution in [3.63, 3.8) is 0 Å². The number of hydrogen-bond acceptors (Lipinski definition) is 3. The van der Waals surface area contributed by atoms with Crippen LogP contribution in [0.1, 0.15) is 22.1 Å². The Morgan fingerprint density at radius 3 is 2.40 bits per heavy atom. The maximum Gasteiger partial charge on any atom is 0.511 e. The van der Waals surface area contributed by atoms with Gasteiger partial charge in [0.2, 0.25) is 0 Å². The van der Waals surface area contributed by atoms with Crippen LogP contribution in [0.5, 0.6) is 5.75 Å². The van der Waals surface area contributed by atoms with Gasteiger partial charge < -0.3 is 20.1 Å². The van der Waals surface area contributed by atoms with Gasteiger partial charge in [-0.15, -0.1) is 0 Å². The molecule has 3 N–H and O–H groups in total. The Hall–Kier alpha value is -2.98. The fourth-order valence-corrected chi connectivity index (χ4v) is 3.07. The molecule has 0 saturated carbocycles. The molecule has 30 heavy (non-hydrogen) atoms. The molecular formula is C18H10Cl2F4N2O4. The Morgan fingerprint density at radius 2 is 1.80 bits per heavy atom. The summed E-state index contributed by atoms with van der Waals surface area (Å²) in [5.41, 5.74) is -0.453. The number of amides is 1. The average Bonchev–Trinajstić information content (AvgIpc) is 3.03. The van der Waals surface area contributed by atoms with Crippen LogP contribution in [0.3, 0.4) is 0 Å². The van der Waals surface area contributed by atoms with Crippen LogP contribution in [0.15, 0.2) is 36.4 Å². The van der Waals surface area contributed by atoms with E-state index in [0.717, 1.165) is 18.2 Å². The minimum atomic E-state index is -4.89. The standard InChI is InChI=1S/C18H10Cl2F4N2O4/c19-9-3-7(1-2-11(9)21)15(18(22,23)24)26-16(27)13-4-8-5-14(30-17(28)29)10(20)6-12(8)25-13/h1-6,15,25H,(H,26,27)(H,28,29). The van der Waals surface area contributed by atoms with Crippen molar-refractivity contribution in [2.45, 2.75) is 12.2 Å². The van der Waals surface area contributed by atoms with Crippen molar-refractivity contribution in [3.8, 4) is 5.75 Å². The number of ether oxygens (including phenoxy) is 1. The van der Waals surface area contributed by atoms with Gasteiger partial charge in [0.05, 0.1) is 10.0 Å². The lowest BCUT2D eigenvalue weighted by Crippen LogP contribution is -2.38. The zero-order chi connectivity index (χ0) is 22.2. The lowest BCUT2D eigenvalue weighted by Gasteiger charge is -2.22. The quantitative estimate of drug-likeness (QED) is 0.262. The Morgan fingerprint density at radius 1 is 1.10 bits per heavy atom. The second-order valence-electron chi connectivity index (χ2n) is 6.04. The van der Waals surface area contributed by atoms with Gasteiger partial charge in [-0.2, -0.15) is 13.2 Å². The summed E-state index contributed by atoms with van der Waals surface area (Å²) in [5.74, 6) is -2.23. The summed E-state index contributed by atoms with van der Waals surface area (Å²) in [4.78, 5) is 25.7. The van der Waals surface area contributed by atoms with Crippen LogP contribution in [0, 0.1) is 5.82 Å². The van der Waals surface area contributed by atoms with E-state index in [0.29, 0.717) is 0 Å². The predicted molar refractivity (Wildman–Crippen MR) is 99.6 cm³/mol. The first kappa shape index (κ1) is 21.7. The number of benzene rings is 2. The molecule has 2 aromatic carbocycles. The molecule has 1 amide bonds. The summed E-state index contributed by atoms with van der Waals surface area (Å²) in [5, 5.41) is 10.2. The molecule has 12 heteroatoms. The van der Waals surface area contributed by atoms with Crippen LogP contribution < -0.4 is 10.1 Å². The van der Waals surface area contributed by atoms with Crippen molar-refractivity contribution < 1.29 is 37.0 Å². The summed E-state index contributed by atoms with van der Waals surface area (Å²) >= 11 is 11.4. The largest absolute Gasteiger partial charge is 0.511 e. The molecule has 6 nitrogen and oxygen atoms in total. The second kappa shape index (κ2) is 8.04. The van der Waals surface area contributed by atoms with Crippen LogP contribution in [-0.4, -0.2) is 28.3 Å². The molecule has 3 rings (SSSR count). The Labute approximate surface area is 175 Å². The molecule has 0 bridgehead atoms. The topological polar surface area (TPSA) is 91.4 Å². The maximum atomic E-state index is 13.5. The van der Waals surface area contributed by atoms with E-state index < -0.39 is 40.7 Å². The molecule has 0 spiro atoms. The van der Waals surface area contributed by atoms with Crippen molar-refractivity contribution in [2.24, 2.45) is 0 Å². The van der Waals surface area contributed by atoms with Gasteiger partial charge in [0.25, 0.3) is 5.91 Å². The zero-order valence-electron chi connectivity index (χ0n) is 14.5. The van der Waals surface area contributed by atoms with E-state index in [9.17, 15) is 27.2 Å². The lowest BCUT2D eigenvalue weighted by molar-refractivity contribution is -0.155. The third-order valence-electron chi connectivity index (χ3n) is 3.99. The third kappa shape index (κ3) is 4.60. The highest BCUT2D eigenvalue weighted by atomic mass is 35.5. The summed E-state index contributed by atoms with van der Waals surface area (Å²) in [6.45, 7) is 0. The molecule has 158 valence electrons. The number of aromatic nitrogens is 1. The van der Waals surface area contributed by atoms with Crippen molar-refractivity contribution in [1.82, 2.24) is 10.3 Å². The van der Waals surface area contributed by atoms with Gasteiger partial charge in [-0.25, -0.2) is 9.18 Å². The van der Waals surface area contributed by atoms with Gasteiger partial charge in [0.1, 0.15) is 11.5 Å². The molecule has 3 aromatic rings. The molecule has 0 aliphatic heterocycles. The minimum Gasteiger partial charge on any atom is -0.449 e. The molecule has 1 atom stereocenters.